The molecule has 3 heterocycles. The second-order valence-electron chi connectivity index (χ2n) is 5.83. The lowest BCUT2D eigenvalue weighted by molar-refractivity contribution is 0.102. The summed E-state index contributed by atoms with van der Waals surface area (Å²) in [6, 6.07) is 15.6. The second-order valence-corrected chi connectivity index (χ2v) is 5.83. The van der Waals surface area contributed by atoms with Gasteiger partial charge in [-0.3, -0.25) is 9.78 Å². The number of aryl methyl sites for hydroxylation is 1. The molecule has 0 aliphatic carbocycles. The van der Waals surface area contributed by atoms with Crippen molar-refractivity contribution in [2.75, 3.05) is 5.32 Å². The summed E-state index contributed by atoms with van der Waals surface area (Å²) in [5.74, 6) is -0.196. The highest BCUT2D eigenvalue weighted by atomic mass is 16.1. The molecule has 0 fully saturated rings. The van der Waals surface area contributed by atoms with Crippen LogP contribution in [0.2, 0.25) is 0 Å². The van der Waals surface area contributed by atoms with Gasteiger partial charge >= 0.3 is 0 Å². The van der Waals surface area contributed by atoms with Gasteiger partial charge in [0.05, 0.1) is 11.3 Å². The van der Waals surface area contributed by atoms with E-state index < -0.39 is 0 Å². The lowest BCUT2D eigenvalue weighted by Gasteiger charge is -2.05. The van der Waals surface area contributed by atoms with Crippen LogP contribution in [0.5, 0.6) is 0 Å². The third-order valence-corrected chi connectivity index (χ3v) is 4.06. The summed E-state index contributed by atoms with van der Waals surface area (Å²) in [6.45, 7) is 1.89. The number of benzene rings is 1. The van der Waals surface area contributed by atoms with Gasteiger partial charge in [0, 0.05) is 35.2 Å². The largest absolute Gasteiger partial charge is 0.344 e. The molecule has 1 amide bonds. The van der Waals surface area contributed by atoms with Crippen molar-refractivity contribution in [3.63, 3.8) is 0 Å². The van der Waals surface area contributed by atoms with Crippen LogP contribution in [-0.4, -0.2) is 20.9 Å². The minimum atomic E-state index is -0.196. The number of anilines is 1. The van der Waals surface area contributed by atoms with Gasteiger partial charge in [0.15, 0.2) is 0 Å². The quantitative estimate of drug-likeness (QED) is 0.592. The SMILES string of the molecule is Cc1ccc(C(=O)Nc2c[nH]c3ncc(-c4ccccc4)cc23)cn1. The number of fused-ring (bicyclic) bond motifs is 1. The molecule has 2 N–H and O–H groups in total. The van der Waals surface area contributed by atoms with Gasteiger partial charge in [0.25, 0.3) is 5.91 Å². The monoisotopic (exact) mass is 328 g/mol. The summed E-state index contributed by atoms with van der Waals surface area (Å²) < 4.78 is 0. The highest BCUT2D eigenvalue weighted by molar-refractivity contribution is 6.08. The fourth-order valence-electron chi connectivity index (χ4n) is 2.69. The Balaban J connectivity index is 1.68. The topological polar surface area (TPSA) is 70.7 Å². The maximum absolute atomic E-state index is 12.4. The second kappa shape index (κ2) is 6.20. The molecule has 122 valence electrons. The average molecular weight is 328 g/mol. The Bertz CT molecular complexity index is 1040. The lowest BCUT2D eigenvalue weighted by atomic mass is 10.1. The van der Waals surface area contributed by atoms with Crippen molar-refractivity contribution in [2.24, 2.45) is 0 Å². The predicted molar refractivity (Wildman–Crippen MR) is 98.5 cm³/mol. The molecule has 4 rings (SSSR count). The summed E-state index contributed by atoms with van der Waals surface area (Å²) in [5, 5.41) is 3.80. The molecular formula is C20H16N4O. The van der Waals surface area contributed by atoms with Crippen molar-refractivity contribution >= 4 is 22.6 Å². The molecular weight excluding hydrogens is 312 g/mol. The number of hydrogen-bond acceptors (Lipinski definition) is 3. The van der Waals surface area contributed by atoms with Crippen LogP contribution in [0, 0.1) is 6.92 Å². The van der Waals surface area contributed by atoms with E-state index in [0.717, 1.165) is 27.9 Å². The van der Waals surface area contributed by atoms with E-state index in [-0.39, 0.29) is 5.91 Å². The molecule has 4 aromatic rings. The van der Waals surface area contributed by atoms with Gasteiger partial charge in [0.1, 0.15) is 5.65 Å². The van der Waals surface area contributed by atoms with E-state index >= 15 is 0 Å². The van der Waals surface area contributed by atoms with E-state index in [0.29, 0.717) is 11.3 Å². The van der Waals surface area contributed by atoms with Crippen LogP contribution < -0.4 is 5.32 Å². The average Bonchev–Trinajstić information content (AvgIpc) is 3.05. The number of amides is 1. The van der Waals surface area contributed by atoms with E-state index in [1.165, 1.54) is 0 Å². The molecule has 0 spiro atoms. The molecule has 5 nitrogen and oxygen atoms in total. The third kappa shape index (κ3) is 2.99. The Labute approximate surface area is 144 Å². The first kappa shape index (κ1) is 15.1. The van der Waals surface area contributed by atoms with Crippen molar-refractivity contribution in [1.29, 1.82) is 0 Å². The molecule has 3 aromatic heterocycles. The summed E-state index contributed by atoms with van der Waals surface area (Å²) in [5.41, 5.74) is 4.91. The number of carbonyl (C=O) groups is 1. The highest BCUT2D eigenvalue weighted by Gasteiger charge is 2.11. The van der Waals surface area contributed by atoms with Gasteiger partial charge in [-0.1, -0.05) is 30.3 Å². The van der Waals surface area contributed by atoms with Crippen molar-refractivity contribution in [3.05, 3.63) is 78.4 Å². The van der Waals surface area contributed by atoms with Crippen molar-refractivity contribution < 1.29 is 4.79 Å². The lowest BCUT2D eigenvalue weighted by Crippen LogP contribution is -2.11. The Morgan fingerprint density at radius 3 is 2.60 bits per heavy atom. The summed E-state index contributed by atoms with van der Waals surface area (Å²) >= 11 is 0. The third-order valence-electron chi connectivity index (χ3n) is 4.06. The number of hydrogen-bond donors (Lipinski definition) is 2. The van der Waals surface area contributed by atoms with E-state index in [1.54, 1.807) is 18.5 Å². The van der Waals surface area contributed by atoms with Crippen LogP contribution >= 0.6 is 0 Å². The van der Waals surface area contributed by atoms with Crippen LogP contribution in [0.4, 0.5) is 5.69 Å². The first-order valence-corrected chi connectivity index (χ1v) is 7.97. The first-order chi connectivity index (χ1) is 12.2. The fraction of sp³-hybridized carbons (Fsp3) is 0.0500. The standard InChI is InChI=1S/C20H16N4O/c1-13-7-8-15(10-21-13)20(25)24-18-12-23-19-17(18)9-16(11-22-19)14-5-3-2-4-6-14/h2-12H,1H3,(H,22,23)(H,24,25). The van der Waals surface area contributed by atoms with Gasteiger partial charge in [0.2, 0.25) is 0 Å². The van der Waals surface area contributed by atoms with Crippen molar-refractivity contribution in [2.45, 2.75) is 6.92 Å². The first-order valence-electron chi connectivity index (χ1n) is 7.97. The molecule has 0 atom stereocenters. The van der Waals surface area contributed by atoms with E-state index in [4.69, 9.17) is 0 Å². The zero-order chi connectivity index (χ0) is 17.2. The summed E-state index contributed by atoms with van der Waals surface area (Å²) in [6.07, 6.45) is 5.16. The molecule has 0 radical (unpaired) electrons. The van der Waals surface area contributed by atoms with Gasteiger partial charge < -0.3 is 10.3 Å². The highest BCUT2D eigenvalue weighted by Crippen LogP contribution is 2.27. The number of H-pyrrole nitrogens is 1. The zero-order valence-corrected chi connectivity index (χ0v) is 13.7. The van der Waals surface area contributed by atoms with Crippen LogP contribution in [0.25, 0.3) is 22.2 Å². The smallest absolute Gasteiger partial charge is 0.257 e. The Morgan fingerprint density at radius 1 is 1.00 bits per heavy atom. The number of pyridine rings is 2. The summed E-state index contributed by atoms with van der Waals surface area (Å²) in [7, 11) is 0. The van der Waals surface area contributed by atoms with Crippen LogP contribution in [0.3, 0.4) is 0 Å². The molecule has 0 saturated carbocycles. The maximum Gasteiger partial charge on any atom is 0.257 e. The molecule has 5 heteroatoms. The molecule has 0 unspecified atom stereocenters. The number of carbonyl (C=O) groups excluding carboxylic acids is 1. The number of nitrogens with zero attached hydrogens (tertiary/aromatic N) is 2. The number of aromatic nitrogens is 3. The Kier molecular flexibility index (Phi) is 3.74. The van der Waals surface area contributed by atoms with Gasteiger partial charge in [-0.15, -0.1) is 0 Å². The summed E-state index contributed by atoms with van der Waals surface area (Å²) in [4.78, 5) is 24.1. The van der Waals surface area contributed by atoms with Crippen LogP contribution in [0.1, 0.15) is 16.1 Å². The minimum Gasteiger partial charge on any atom is -0.344 e. The molecule has 0 saturated heterocycles. The van der Waals surface area contributed by atoms with Crippen molar-refractivity contribution in [1.82, 2.24) is 15.0 Å². The fourth-order valence-corrected chi connectivity index (χ4v) is 2.69. The minimum absolute atomic E-state index is 0.196. The normalized spacial score (nSPS) is 10.8. The molecule has 0 aliphatic heterocycles. The molecule has 0 bridgehead atoms. The van der Waals surface area contributed by atoms with E-state index in [1.807, 2.05) is 55.6 Å². The van der Waals surface area contributed by atoms with Crippen LogP contribution in [-0.2, 0) is 0 Å². The number of aromatic amines is 1. The Morgan fingerprint density at radius 2 is 1.84 bits per heavy atom. The predicted octanol–water partition coefficient (Wildman–Crippen LogP) is 4.19. The molecule has 0 aliphatic rings. The van der Waals surface area contributed by atoms with Crippen molar-refractivity contribution in [3.8, 4) is 11.1 Å². The van der Waals surface area contributed by atoms with Gasteiger partial charge in [-0.2, -0.15) is 0 Å². The maximum atomic E-state index is 12.4. The molecule has 25 heavy (non-hydrogen) atoms. The van der Waals surface area contributed by atoms with Gasteiger partial charge in [-0.25, -0.2) is 4.98 Å². The number of rotatable bonds is 3. The zero-order valence-electron chi connectivity index (χ0n) is 13.7. The van der Waals surface area contributed by atoms with Gasteiger partial charge in [-0.05, 0) is 30.7 Å². The molecule has 1 aromatic carbocycles. The Hall–Kier alpha value is -3.47. The van der Waals surface area contributed by atoms with E-state index in [2.05, 4.69) is 20.3 Å². The number of nitrogens with one attached hydrogen (secondary N) is 2. The van der Waals surface area contributed by atoms with E-state index in [9.17, 15) is 4.79 Å². The van der Waals surface area contributed by atoms with Crippen LogP contribution in [0.15, 0.2) is 67.1 Å².